The Labute approximate surface area is 171 Å². The Hall–Kier alpha value is -2.97. The number of hydrogen-bond donors (Lipinski definition) is 3. The quantitative estimate of drug-likeness (QED) is 0.610. The second-order valence-corrected chi connectivity index (χ2v) is 8.17. The molecule has 29 heavy (non-hydrogen) atoms. The fourth-order valence-corrected chi connectivity index (χ4v) is 4.48. The normalized spacial score (nSPS) is 15.4. The second kappa shape index (κ2) is 7.81. The van der Waals surface area contributed by atoms with Gasteiger partial charge in [-0.05, 0) is 42.2 Å². The number of pyridine rings is 1. The summed E-state index contributed by atoms with van der Waals surface area (Å²) in [6.45, 7) is 1.65. The van der Waals surface area contributed by atoms with Crippen molar-refractivity contribution < 1.29 is 9.18 Å². The van der Waals surface area contributed by atoms with E-state index in [1.807, 2.05) is 18.2 Å². The molecule has 0 bridgehead atoms. The van der Waals surface area contributed by atoms with Gasteiger partial charge in [-0.25, -0.2) is 9.37 Å². The van der Waals surface area contributed by atoms with Gasteiger partial charge in [0.15, 0.2) is 0 Å². The van der Waals surface area contributed by atoms with E-state index in [-0.39, 0.29) is 11.9 Å². The molecular weight excluding hydrogens is 389 g/mol. The van der Waals surface area contributed by atoms with Gasteiger partial charge >= 0.3 is 0 Å². The summed E-state index contributed by atoms with van der Waals surface area (Å²) in [5.41, 5.74) is 19.8. The van der Waals surface area contributed by atoms with Crippen LogP contribution < -0.4 is 22.1 Å². The predicted molar refractivity (Wildman–Crippen MR) is 117 cm³/mol. The van der Waals surface area contributed by atoms with Crippen LogP contribution in [-0.2, 0) is 0 Å². The number of benzene rings is 1. The minimum atomic E-state index is -0.565. The number of anilines is 2. The molecule has 1 saturated heterocycles. The summed E-state index contributed by atoms with van der Waals surface area (Å²) in [7, 11) is 0. The van der Waals surface area contributed by atoms with E-state index in [2.05, 4.69) is 4.90 Å². The van der Waals surface area contributed by atoms with E-state index in [4.69, 9.17) is 22.2 Å². The van der Waals surface area contributed by atoms with Crippen molar-refractivity contribution in [1.29, 1.82) is 0 Å². The topological polar surface area (TPSA) is 111 Å². The lowest BCUT2D eigenvalue weighted by Crippen LogP contribution is -2.40. The van der Waals surface area contributed by atoms with Crippen LogP contribution in [0.5, 0.6) is 0 Å². The molecule has 0 unspecified atom stereocenters. The maximum absolute atomic E-state index is 13.2. The molecule has 0 saturated carbocycles. The Morgan fingerprint density at radius 3 is 2.55 bits per heavy atom. The number of piperidine rings is 1. The van der Waals surface area contributed by atoms with Crippen LogP contribution in [0.4, 0.5) is 15.9 Å². The first-order chi connectivity index (χ1) is 13.9. The molecule has 2 aromatic heterocycles. The van der Waals surface area contributed by atoms with E-state index < -0.39 is 5.91 Å². The Bertz CT molecular complexity index is 1080. The minimum absolute atomic E-state index is 0.215. The van der Waals surface area contributed by atoms with Gasteiger partial charge < -0.3 is 22.1 Å². The van der Waals surface area contributed by atoms with Crippen LogP contribution in [-0.4, -0.2) is 30.0 Å². The summed E-state index contributed by atoms with van der Waals surface area (Å²) in [4.78, 5) is 19.7. The van der Waals surface area contributed by atoms with Crippen LogP contribution >= 0.6 is 11.3 Å². The highest BCUT2D eigenvalue weighted by Gasteiger charge is 2.22. The lowest BCUT2D eigenvalue weighted by Gasteiger charge is -2.31. The zero-order chi connectivity index (χ0) is 20.5. The lowest BCUT2D eigenvalue weighted by molar-refractivity contribution is 0.100. The molecule has 0 radical (unpaired) electrons. The van der Waals surface area contributed by atoms with Crippen molar-refractivity contribution in [3.63, 3.8) is 0 Å². The van der Waals surface area contributed by atoms with E-state index in [9.17, 15) is 9.18 Å². The van der Waals surface area contributed by atoms with E-state index in [0.717, 1.165) is 42.9 Å². The van der Waals surface area contributed by atoms with Crippen LogP contribution in [0.2, 0.25) is 0 Å². The zero-order valence-electron chi connectivity index (χ0n) is 15.8. The van der Waals surface area contributed by atoms with Gasteiger partial charge in [-0.2, -0.15) is 0 Å². The van der Waals surface area contributed by atoms with Crippen molar-refractivity contribution >= 4 is 51.1 Å². The Kier molecular flexibility index (Phi) is 5.21. The molecule has 8 heteroatoms. The standard InChI is InChI=1S/C21H22FN5OS/c22-14-5-2-12(3-6-14)1-4-13-11-16(27-9-7-15(23)8-10-27)26-21-17(13)18(24)19(29-21)20(25)28/h1-6,11,15H,7-10,23-24H2,(H2,25,28). The number of halogens is 1. The molecule has 4 rings (SSSR count). The minimum Gasteiger partial charge on any atom is -0.397 e. The molecule has 0 atom stereocenters. The molecule has 3 aromatic rings. The van der Waals surface area contributed by atoms with E-state index in [1.165, 1.54) is 23.5 Å². The SMILES string of the molecule is NC(=O)c1sc2nc(N3CCC(N)CC3)cc(C=Cc3ccc(F)cc3)c2c1N. The maximum Gasteiger partial charge on any atom is 0.260 e. The molecule has 6 nitrogen and oxygen atoms in total. The Morgan fingerprint density at radius 2 is 1.90 bits per heavy atom. The van der Waals surface area contributed by atoms with Gasteiger partial charge in [0.25, 0.3) is 5.91 Å². The summed E-state index contributed by atoms with van der Waals surface area (Å²) in [5.74, 6) is -0.0305. The largest absolute Gasteiger partial charge is 0.397 e. The van der Waals surface area contributed by atoms with Crippen LogP contribution in [0, 0.1) is 5.82 Å². The van der Waals surface area contributed by atoms with Crippen LogP contribution in [0.25, 0.3) is 22.4 Å². The molecule has 1 aliphatic rings. The van der Waals surface area contributed by atoms with Crippen molar-refractivity contribution in [2.75, 3.05) is 23.7 Å². The van der Waals surface area contributed by atoms with Crippen LogP contribution in [0.1, 0.15) is 33.6 Å². The number of carbonyl (C=O) groups excluding carboxylic acids is 1. The number of amides is 1. The van der Waals surface area contributed by atoms with Gasteiger partial charge in [-0.1, -0.05) is 24.3 Å². The third-order valence-electron chi connectivity index (χ3n) is 5.13. The summed E-state index contributed by atoms with van der Waals surface area (Å²) >= 11 is 1.20. The number of nitrogens with two attached hydrogens (primary N) is 3. The number of nitrogen functional groups attached to an aromatic ring is 1. The average Bonchev–Trinajstić information content (AvgIpc) is 3.05. The Morgan fingerprint density at radius 1 is 1.21 bits per heavy atom. The fraction of sp³-hybridized carbons (Fsp3) is 0.238. The molecule has 0 aliphatic carbocycles. The maximum atomic E-state index is 13.2. The number of aromatic nitrogens is 1. The molecule has 1 fully saturated rings. The van der Waals surface area contributed by atoms with E-state index in [1.54, 1.807) is 12.1 Å². The summed E-state index contributed by atoms with van der Waals surface area (Å²) in [6.07, 6.45) is 5.59. The van der Waals surface area contributed by atoms with E-state index >= 15 is 0 Å². The van der Waals surface area contributed by atoms with Gasteiger partial charge in [0.1, 0.15) is 21.3 Å². The number of rotatable bonds is 4. The predicted octanol–water partition coefficient (Wildman–Crippen LogP) is 3.21. The fourth-order valence-electron chi connectivity index (χ4n) is 3.50. The first-order valence-electron chi connectivity index (χ1n) is 9.39. The first kappa shape index (κ1) is 19.4. The van der Waals surface area contributed by atoms with Crippen molar-refractivity contribution in [2.24, 2.45) is 11.5 Å². The van der Waals surface area contributed by atoms with Crippen molar-refractivity contribution in [3.8, 4) is 0 Å². The van der Waals surface area contributed by atoms with Gasteiger partial charge in [0, 0.05) is 24.5 Å². The van der Waals surface area contributed by atoms with Crippen molar-refractivity contribution in [1.82, 2.24) is 4.98 Å². The van der Waals surface area contributed by atoms with Crippen molar-refractivity contribution in [2.45, 2.75) is 18.9 Å². The smallest absolute Gasteiger partial charge is 0.260 e. The van der Waals surface area contributed by atoms with E-state index in [0.29, 0.717) is 20.8 Å². The highest BCUT2D eigenvalue weighted by molar-refractivity contribution is 7.21. The van der Waals surface area contributed by atoms with Gasteiger partial charge in [-0.3, -0.25) is 4.79 Å². The summed E-state index contributed by atoms with van der Waals surface area (Å²) in [5, 5.41) is 0.708. The molecule has 0 spiro atoms. The third kappa shape index (κ3) is 3.94. The Balaban J connectivity index is 1.80. The molecule has 1 aliphatic heterocycles. The van der Waals surface area contributed by atoms with Gasteiger partial charge in [0.05, 0.1) is 5.69 Å². The molecule has 6 N–H and O–H groups in total. The monoisotopic (exact) mass is 411 g/mol. The zero-order valence-corrected chi connectivity index (χ0v) is 16.6. The molecule has 1 aromatic carbocycles. The number of fused-ring (bicyclic) bond motifs is 1. The van der Waals surface area contributed by atoms with Gasteiger partial charge in [-0.15, -0.1) is 11.3 Å². The number of primary amides is 1. The third-order valence-corrected chi connectivity index (χ3v) is 6.24. The van der Waals surface area contributed by atoms with Crippen LogP contribution in [0.15, 0.2) is 30.3 Å². The first-order valence-corrected chi connectivity index (χ1v) is 10.2. The van der Waals surface area contributed by atoms with Gasteiger partial charge in [0.2, 0.25) is 0 Å². The summed E-state index contributed by atoms with van der Waals surface area (Å²) in [6, 6.07) is 8.40. The number of carbonyl (C=O) groups is 1. The lowest BCUT2D eigenvalue weighted by atomic mass is 10.0. The van der Waals surface area contributed by atoms with Crippen LogP contribution in [0.3, 0.4) is 0 Å². The second-order valence-electron chi connectivity index (χ2n) is 7.17. The molecule has 3 heterocycles. The molecule has 1 amide bonds. The van der Waals surface area contributed by atoms with Crippen molar-refractivity contribution in [3.05, 3.63) is 52.2 Å². The summed E-state index contributed by atoms with van der Waals surface area (Å²) < 4.78 is 13.2. The number of hydrogen-bond acceptors (Lipinski definition) is 6. The number of thiophene rings is 1. The molecule has 150 valence electrons. The highest BCUT2D eigenvalue weighted by Crippen LogP contribution is 2.37. The number of nitrogens with zero attached hydrogens (tertiary/aromatic N) is 2. The molecular formula is C21H22FN5OS. The average molecular weight is 412 g/mol. The highest BCUT2D eigenvalue weighted by atomic mass is 32.1.